The van der Waals surface area contributed by atoms with Crippen LogP contribution in [0.3, 0.4) is 0 Å². The van der Waals surface area contributed by atoms with Gasteiger partial charge < -0.3 is 15.2 Å². The van der Waals surface area contributed by atoms with Crippen molar-refractivity contribution in [3.8, 4) is 0 Å². The Morgan fingerprint density at radius 2 is 2.31 bits per heavy atom. The fourth-order valence-corrected chi connectivity index (χ4v) is 2.80. The van der Waals surface area contributed by atoms with E-state index in [0.29, 0.717) is 12.2 Å². The molecule has 2 rings (SSSR count). The lowest BCUT2D eigenvalue weighted by Gasteiger charge is -2.42. The van der Waals surface area contributed by atoms with Crippen LogP contribution in [-0.4, -0.2) is 36.5 Å². The molecule has 2 heterocycles. The molecule has 0 aromatic carbocycles. The van der Waals surface area contributed by atoms with Crippen LogP contribution in [0.2, 0.25) is 0 Å². The maximum Gasteiger partial charge on any atom is 0.0762 e. The molecule has 3 heteroatoms. The van der Waals surface area contributed by atoms with E-state index in [9.17, 15) is 0 Å². The molecule has 2 fully saturated rings. The largest absolute Gasteiger partial charge is 0.396 e. The van der Waals surface area contributed by atoms with Crippen molar-refractivity contribution in [2.45, 2.75) is 49.9 Å². The topological polar surface area (TPSA) is 41.5 Å². The standard InChI is InChI=1S/C10H19NO2/c1-11-10(6-7-12)5-4-8-2-3-9(10)13-8/h8-9,11-12H,2-7H2,1H3. The summed E-state index contributed by atoms with van der Waals surface area (Å²) in [7, 11) is 1.98. The number of hydrogen-bond donors (Lipinski definition) is 2. The minimum atomic E-state index is 0.0573. The van der Waals surface area contributed by atoms with Crippen molar-refractivity contribution in [3.63, 3.8) is 0 Å². The second-order valence-corrected chi connectivity index (χ2v) is 4.24. The maximum atomic E-state index is 9.05. The van der Waals surface area contributed by atoms with Gasteiger partial charge in [-0.1, -0.05) is 0 Å². The van der Waals surface area contributed by atoms with Gasteiger partial charge in [0, 0.05) is 12.1 Å². The van der Waals surface area contributed by atoms with E-state index in [1.807, 2.05) is 7.05 Å². The molecule has 3 nitrogen and oxygen atoms in total. The third-order valence-corrected chi connectivity index (χ3v) is 3.69. The number of aliphatic hydroxyl groups is 1. The quantitative estimate of drug-likeness (QED) is 0.679. The molecule has 0 amide bonds. The molecule has 0 saturated carbocycles. The lowest BCUT2D eigenvalue weighted by Crippen LogP contribution is -2.55. The van der Waals surface area contributed by atoms with Gasteiger partial charge in [0.2, 0.25) is 0 Å². The van der Waals surface area contributed by atoms with E-state index in [1.165, 1.54) is 6.42 Å². The first-order valence-electron chi connectivity index (χ1n) is 5.26. The highest BCUT2D eigenvalue weighted by atomic mass is 16.5. The Balaban J connectivity index is 2.09. The SMILES string of the molecule is CNC1(CCO)CCC2CCC1O2. The van der Waals surface area contributed by atoms with Crippen LogP contribution in [0.25, 0.3) is 0 Å². The van der Waals surface area contributed by atoms with Gasteiger partial charge in [-0.3, -0.25) is 0 Å². The van der Waals surface area contributed by atoms with Crippen molar-refractivity contribution in [1.29, 1.82) is 0 Å². The predicted octanol–water partition coefficient (Wildman–Crippen LogP) is 0.668. The molecule has 0 aromatic rings. The summed E-state index contributed by atoms with van der Waals surface area (Å²) < 4.78 is 5.88. The molecule has 76 valence electrons. The average molecular weight is 185 g/mol. The highest BCUT2D eigenvalue weighted by Crippen LogP contribution is 2.40. The lowest BCUT2D eigenvalue weighted by atomic mass is 9.83. The maximum absolute atomic E-state index is 9.05. The van der Waals surface area contributed by atoms with Gasteiger partial charge in [-0.2, -0.15) is 0 Å². The first-order valence-corrected chi connectivity index (χ1v) is 5.26. The van der Waals surface area contributed by atoms with Crippen molar-refractivity contribution in [1.82, 2.24) is 5.32 Å². The van der Waals surface area contributed by atoms with Crippen molar-refractivity contribution in [2.24, 2.45) is 0 Å². The molecule has 3 atom stereocenters. The number of rotatable bonds is 3. The Labute approximate surface area is 79.5 Å². The Kier molecular flexibility index (Phi) is 2.58. The minimum absolute atomic E-state index is 0.0573. The molecule has 2 aliphatic rings. The van der Waals surface area contributed by atoms with Crippen LogP contribution in [0.15, 0.2) is 0 Å². The first kappa shape index (κ1) is 9.44. The van der Waals surface area contributed by atoms with Crippen LogP contribution in [-0.2, 0) is 4.74 Å². The number of likely N-dealkylation sites (N-methyl/N-ethyl adjacent to an activating group) is 1. The number of hydrogen-bond acceptors (Lipinski definition) is 3. The Hall–Kier alpha value is -0.120. The summed E-state index contributed by atoms with van der Waals surface area (Å²) >= 11 is 0. The van der Waals surface area contributed by atoms with Crippen molar-refractivity contribution in [3.05, 3.63) is 0 Å². The van der Waals surface area contributed by atoms with Gasteiger partial charge in [-0.25, -0.2) is 0 Å². The molecule has 13 heavy (non-hydrogen) atoms. The minimum Gasteiger partial charge on any atom is -0.396 e. The number of fused-ring (bicyclic) bond motifs is 2. The smallest absolute Gasteiger partial charge is 0.0762 e. The zero-order valence-corrected chi connectivity index (χ0v) is 8.25. The summed E-state index contributed by atoms with van der Waals surface area (Å²) in [5.74, 6) is 0. The molecule has 2 bridgehead atoms. The molecular formula is C10H19NO2. The number of aliphatic hydroxyl groups excluding tert-OH is 1. The fraction of sp³-hybridized carbons (Fsp3) is 1.00. The zero-order valence-electron chi connectivity index (χ0n) is 8.25. The second-order valence-electron chi connectivity index (χ2n) is 4.24. The van der Waals surface area contributed by atoms with E-state index < -0.39 is 0 Å². The summed E-state index contributed by atoms with van der Waals surface area (Å²) in [6.07, 6.45) is 6.33. The molecule has 0 radical (unpaired) electrons. The van der Waals surface area contributed by atoms with Crippen molar-refractivity contribution in [2.75, 3.05) is 13.7 Å². The Bertz CT molecular complexity index is 186. The summed E-state index contributed by atoms with van der Waals surface area (Å²) in [6.45, 7) is 0.255. The van der Waals surface area contributed by atoms with Gasteiger partial charge in [-0.05, 0) is 39.2 Å². The summed E-state index contributed by atoms with van der Waals surface area (Å²) in [5.41, 5.74) is 0.0573. The van der Waals surface area contributed by atoms with E-state index in [2.05, 4.69) is 5.32 Å². The predicted molar refractivity (Wildman–Crippen MR) is 50.6 cm³/mol. The van der Waals surface area contributed by atoms with Crippen LogP contribution in [0.1, 0.15) is 32.1 Å². The lowest BCUT2D eigenvalue weighted by molar-refractivity contribution is -0.0638. The van der Waals surface area contributed by atoms with Gasteiger partial charge in [0.25, 0.3) is 0 Å². The van der Waals surface area contributed by atoms with Crippen LogP contribution >= 0.6 is 0 Å². The van der Waals surface area contributed by atoms with Crippen molar-refractivity contribution < 1.29 is 9.84 Å². The highest BCUT2D eigenvalue weighted by molar-refractivity contribution is 5.02. The molecule has 0 aliphatic carbocycles. The molecule has 2 aliphatic heterocycles. The van der Waals surface area contributed by atoms with E-state index >= 15 is 0 Å². The van der Waals surface area contributed by atoms with Gasteiger partial charge in [0.05, 0.1) is 12.2 Å². The molecule has 0 spiro atoms. The van der Waals surface area contributed by atoms with Gasteiger partial charge in [0.1, 0.15) is 0 Å². The molecule has 0 aromatic heterocycles. The first-order chi connectivity index (χ1) is 6.30. The molecule has 3 unspecified atom stereocenters. The zero-order chi connectivity index (χ0) is 9.31. The third-order valence-electron chi connectivity index (χ3n) is 3.69. The number of ether oxygens (including phenoxy) is 1. The van der Waals surface area contributed by atoms with Gasteiger partial charge >= 0.3 is 0 Å². The van der Waals surface area contributed by atoms with E-state index in [4.69, 9.17) is 9.84 Å². The second kappa shape index (κ2) is 3.56. The van der Waals surface area contributed by atoms with Crippen molar-refractivity contribution >= 4 is 0 Å². The highest BCUT2D eigenvalue weighted by Gasteiger charge is 2.46. The van der Waals surface area contributed by atoms with E-state index in [1.54, 1.807) is 0 Å². The summed E-state index contributed by atoms with van der Waals surface area (Å²) in [5, 5.41) is 12.4. The Morgan fingerprint density at radius 3 is 3.00 bits per heavy atom. The van der Waals surface area contributed by atoms with Crippen LogP contribution < -0.4 is 5.32 Å². The molecule has 2 N–H and O–H groups in total. The van der Waals surface area contributed by atoms with Crippen LogP contribution in [0.4, 0.5) is 0 Å². The fourth-order valence-electron chi connectivity index (χ4n) is 2.80. The summed E-state index contributed by atoms with van der Waals surface area (Å²) in [4.78, 5) is 0. The normalized spacial score (nSPS) is 43.8. The molecule has 2 saturated heterocycles. The average Bonchev–Trinajstić information content (AvgIpc) is 2.56. The molecular weight excluding hydrogens is 166 g/mol. The summed E-state index contributed by atoms with van der Waals surface area (Å²) in [6, 6.07) is 0. The Morgan fingerprint density at radius 1 is 1.46 bits per heavy atom. The van der Waals surface area contributed by atoms with E-state index in [-0.39, 0.29) is 12.1 Å². The van der Waals surface area contributed by atoms with Gasteiger partial charge in [-0.15, -0.1) is 0 Å². The van der Waals surface area contributed by atoms with Gasteiger partial charge in [0.15, 0.2) is 0 Å². The monoisotopic (exact) mass is 185 g/mol. The van der Waals surface area contributed by atoms with Crippen LogP contribution in [0.5, 0.6) is 0 Å². The van der Waals surface area contributed by atoms with E-state index in [0.717, 1.165) is 25.7 Å². The number of nitrogens with one attached hydrogen (secondary N) is 1. The third kappa shape index (κ3) is 1.49. The van der Waals surface area contributed by atoms with Crippen LogP contribution in [0, 0.1) is 0 Å².